The van der Waals surface area contributed by atoms with Crippen LogP contribution in [0.2, 0.25) is 0 Å². The number of fused-ring (bicyclic) bond motifs is 1. The van der Waals surface area contributed by atoms with E-state index in [1.54, 1.807) is 11.1 Å². The minimum Gasteiger partial charge on any atom is -0.393 e. The second-order valence-electron chi connectivity index (χ2n) is 11.6. The van der Waals surface area contributed by atoms with E-state index in [1.165, 1.54) is 31.3 Å². The van der Waals surface area contributed by atoms with E-state index in [1.807, 2.05) is 0 Å². The van der Waals surface area contributed by atoms with Gasteiger partial charge in [-0.2, -0.15) is 0 Å². The van der Waals surface area contributed by atoms with Gasteiger partial charge in [-0.15, -0.1) is 0 Å². The maximum absolute atomic E-state index is 10.7. The van der Waals surface area contributed by atoms with Crippen LogP contribution in [0.25, 0.3) is 0 Å². The molecule has 3 saturated carbocycles. The highest BCUT2D eigenvalue weighted by molar-refractivity contribution is 5.33. The second-order valence-corrected chi connectivity index (χ2v) is 11.6. The summed E-state index contributed by atoms with van der Waals surface area (Å²) in [6, 6.07) is 0. The molecule has 3 nitrogen and oxygen atoms in total. The van der Waals surface area contributed by atoms with Crippen molar-refractivity contribution in [3.63, 3.8) is 0 Å². The van der Waals surface area contributed by atoms with Crippen molar-refractivity contribution in [2.75, 3.05) is 0 Å². The van der Waals surface area contributed by atoms with Crippen molar-refractivity contribution in [2.24, 2.45) is 17.3 Å². The standard InChI is InChI=1S/C30H44O3/c1-22(9-7-18-30(33)16-4-3-5-17-30)27-11-6-12-28-24(10-8-15-29(27,28)2)14-13-23-19-25(31)21-26(32)20-23/h11,13-14,22,25-26,28,31-33H,3-6,8-10,12,15-17,19-21H2,1-2H3/b24-14+/t22?,25-,26-,28+,29-/m1/s1. The Kier molecular flexibility index (Phi) is 7.89. The van der Waals surface area contributed by atoms with Crippen molar-refractivity contribution in [2.45, 2.75) is 122 Å². The molecule has 0 aliphatic heterocycles. The van der Waals surface area contributed by atoms with Gasteiger partial charge < -0.3 is 15.3 Å². The van der Waals surface area contributed by atoms with Gasteiger partial charge in [-0.1, -0.05) is 67.1 Å². The van der Waals surface area contributed by atoms with Crippen molar-refractivity contribution in [1.82, 2.24) is 0 Å². The molecular weight excluding hydrogens is 408 g/mol. The molecule has 4 rings (SSSR count). The topological polar surface area (TPSA) is 60.7 Å². The van der Waals surface area contributed by atoms with Gasteiger partial charge in [0.05, 0.1) is 12.2 Å². The average Bonchev–Trinajstić information content (AvgIpc) is 2.76. The Hall–Kier alpha value is -1.34. The Morgan fingerprint density at radius 3 is 2.52 bits per heavy atom. The molecule has 5 atom stereocenters. The van der Waals surface area contributed by atoms with Crippen LogP contribution in [0.5, 0.6) is 0 Å². The monoisotopic (exact) mass is 452 g/mol. The molecule has 182 valence electrons. The highest BCUT2D eigenvalue weighted by atomic mass is 16.3. The SMILES string of the molecule is CC(CC#CC1(O)CCCCC1)C1=CCC[C@H]2/C(=C/C=C3C[C@@H](O)C[C@H](O)C3)CCC[C@]12C. The molecule has 3 heteroatoms. The molecule has 1 unspecified atom stereocenters. The Morgan fingerprint density at radius 1 is 1.06 bits per heavy atom. The highest BCUT2D eigenvalue weighted by Gasteiger charge is 2.44. The van der Waals surface area contributed by atoms with E-state index in [9.17, 15) is 15.3 Å². The van der Waals surface area contributed by atoms with Gasteiger partial charge in [-0.25, -0.2) is 0 Å². The van der Waals surface area contributed by atoms with E-state index in [0.717, 1.165) is 44.9 Å². The first kappa shape index (κ1) is 24.8. The molecule has 0 saturated heterocycles. The normalized spacial score (nSPS) is 36.3. The fraction of sp³-hybridized carbons (Fsp3) is 0.733. The van der Waals surface area contributed by atoms with Gasteiger partial charge in [-0.05, 0) is 94.3 Å². The van der Waals surface area contributed by atoms with Gasteiger partial charge in [0.2, 0.25) is 0 Å². The quantitative estimate of drug-likeness (QED) is 0.364. The molecule has 0 aromatic carbocycles. The minimum atomic E-state index is -0.750. The molecule has 4 aliphatic rings. The molecule has 4 aliphatic carbocycles. The van der Waals surface area contributed by atoms with Crippen molar-refractivity contribution >= 4 is 0 Å². The first-order chi connectivity index (χ1) is 15.8. The van der Waals surface area contributed by atoms with E-state index in [-0.39, 0.29) is 5.41 Å². The van der Waals surface area contributed by atoms with Crippen molar-refractivity contribution in [3.8, 4) is 11.8 Å². The van der Waals surface area contributed by atoms with E-state index in [4.69, 9.17) is 0 Å². The van der Waals surface area contributed by atoms with Crippen LogP contribution in [0.1, 0.15) is 104 Å². The summed E-state index contributed by atoms with van der Waals surface area (Å²) in [5.41, 5.74) is 3.74. The van der Waals surface area contributed by atoms with Gasteiger partial charge >= 0.3 is 0 Å². The van der Waals surface area contributed by atoms with Crippen LogP contribution in [0.3, 0.4) is 0 Å². The zero-order valence-electron chi connectivity index (χ0n) is 20.8. The first-order valence-electron chi connectivity index (χ1n) is 13.5. The Balaban J connectivity index is 1.47. The van der Waals surface area contributed by atoms with Crippen LogP contribution < -0.4 is 0 Å². The molecule has 0 amide bonds. The maximum atomic E-state index is 10.7. The minimum absolute atomic E-state index is 0.190. The zero-order chi connectivity index (χ0) is 23.5. The molecule has 0 aromatic rings. The Morgan fingerprint density at radius 2 is 1.79 bits per heavy atom. The fourth-order valence-electron chi connectivity index (χ4n) is 7.14. The van der Waals surface area contributed by atoms with Gasteiger partial charge in [0.15, 0.2) is 0 Å². The second kappa shape index (κ2) is 10.5. The van der Waals surface area contributed by atoms with E-state index in [2.05, 4.69) is 43.9 Å². The summed E-state index contributed by atoms with van der Waals surface area (Å²) in [5.74, 6) is 7.61. The van der Waals surface area contributed by atoms with E-state index < -0.39 is 17.8 Å². The lowest BCUT2D eigenvalue weighted by Gasteiger charge is -2.49. The third-order valence-electron chi connectivity index (χ3n) is 8.87. The fourth-order valence-corrected chi connectivity index (χ4v) is 7.14. The van der Waals surface area contributed by atoms with Crippen LogP contribution in [0.4, 0.5) is 0 Å². The molecule has 0 bridgehead atoms. The van der Waals surface area contributed by atoms with Crippen LogP contribution in [0.15, 0.2) is 34.9 Å². The van der Waals surface area contributed by atoms with Crippen LogP contribution >= 0.6 is 0 Å². The van der Waals surface area contributed by atoms with E-state index >= 15 is 0 Å². The van der Waals surface area contributed by atoms with Gasteiger partial charge in [-0.3, -0.25) is 0 Å². The summed E-state index contributed by atoms with van der Waals surface area (Å²) in [5, 5.41) is 30.8. The first-order valence-corrected chi connectivity index (χ1v) is 13.5. The van der Waals surface area contributed by atoms with Gasteiger partial charge in [0, 0.05) is 6.42 Å². The molecule has 0 heterocycles. The molecule has 0 aromatic heterocycles. The predicted molar refractivity (Wildman–Crippen MR) is 134 cm³/mol. The number of rotatable bonds is 3. The molecule has 33 heavy (non-hydrogen) atoms. The number of aliphatic hydroxyl groups excluding tert-OH is 2. The molecule has 0 radical (unpaired) electrons. The lowest BCUT2D eigenvalue weighted by molar-refractivity contribution is 0.0603. The van der Waals surface area contributed by atoms with Crippen LogP contribution in [-0.2, 0) is 0 Å². The Labute approximate surface area is 201 Å². The highest BCUT2D eigenvalue weighted by Crippen LogP contribution is 2.55. The zero-order valence-corrected chi connectivity index (χ0v) is 20.8. The summed E-state index contributed by atoms with van der Waals surface area (Å²) in [6.45, 7) is 4.79. The number of aliphatic hydroxyl groups is 3. The smallest absolute Gasteiger partial charge is 0.125 e. The summed E-state index contributed by atoms with van der Waals surface area (Å²) in [7, 11) is 0. The third-order valence-corrected chi connectivity index (χ3v) is 8.87. The maximum Gasteiger partial charge on any atom is 0.125 e. The summed E-state index contributed by atoms with van der Waals surface area (Å²) in [4.78, 5) is 0. The number of hydrogen-bond donors (Lipinski definition) is 3. The van der Waals surface area contributed by atoms with Gasteiger partial charge in [0.25, 0.3) is 0 Å². The average molecular weight is 453 g/mol. The lowest BCUT2D eigenvalue weighted by atomic mass is 9.55. The number of allylic oxidation sites excluding steroid dienone is 5. The molecular formula is C30H44O3. The summed E-state index contributed by atoms with van der Waals surface area (Å²) >= 11 is 0. The lowest BCUT2D eigenvalue weighted by Crippen LogP contribution is -2.38. The number of hydrogen-bond acceptors (Lipinski definition) is 3. The molecule has 0 spiro atoms. The third kappa shape index (κ3) is 5.84. The summed E-state index contributed by atoms with van der Waals surface area (Å²) < 4.78 is 0. The van der Waals surface area contributed by atoms with Crippen molar-refractivity contribution < 1.29 is 15.3 Å². The predicted octanol–water partition coefficient (Wildman–Crippen LogP) is 6.00. The van der Waals surface area contributed by atoms with Gasteiger partial charge in [0.1, 0.15) is 5.60 Å². The molecule has 3 fully saturated rings. The molecule has 3 N–H and O–H groups in total. The van der Waals surface area contributed by atoms with E-state index in [0.29, 0.717) is 31.1 Å². The Bertz CT molecular complexity index is 836. The van der Waals surface area contributed by atoms with Crippen LogP contribution in [-0.4, -0.2) is 33.1 Å². The van der Waals surface area contributed by atoms with Crippen molar-refractivity contribution in [1.29, 1.82) is 0 Å². The van der Waals surface area contributed by atoms with Crippen molar-refractivity contribution in [3.05, 3.63) is 34.9 Å². The van der Waals surface area contributed by atoms with Crippen LogP contribution in [0, 0.1) is 29.1 Å². The summed E-state index contributed by atoms with van der Waals surface area (Å²) in [6.07, 6.45) is 19.9. The largest absolute Gasteiger partial charge is 0.393 e.